The third-order valence-electron chi connectivity index (χ3n) is 3.52. The van der Waals surface area contributed by atoms with Crippen LogP contribution >= 0.6 is 0 Å². The van der Waals surface area contributed by atoms with Crippen LogP contribution in [-0.4, -0.2) is 26.7 Å². The summed E-state index contributed by atoms with van der Waals surface area (Å²) in [6.45, 7) is 5.71. The SMILES string of the molecule is CCN1CC(CCCNC)c2ccccc21. The Labute approximate surface area is 98.7 Å². The van der Waals surface area contributed by atoms with Crippen molar-refractivity contribution in [3.8, 4) is 0 Å². The first-order valence-electron chi connectivity index (χ1n) is 6.35. The van der Waals surface area contributed by atoms with Gasteiger partial charge in [0.1, 0.15) is 0 Å². The molecule has 2 heteroatoms. The lowest BCUT2D eigenvalue weighted by Crippen LogP contribution is -2.21. The lowest BCUT2D eigenvalue weighted by molar-refractivity contribution is 0.588. The van der Waals surface area contributed by atoms with Crippen LogP contribution in [0, 0.1) is 0 Å². The van der Waals surface area contributed by atoms with Gasteiger partial charge in [-0.2, -0.15) is 0 Å². The van der Waals surface area contributed by atoms with E-state index in [2.05, 4.69) is 41.4 Å². The molecule has 0 radical (unpaired) electrons. The topological polar surface area (TPSA) is 15.3 Å². The molecular formula is C14H22N2. The van der Waals surface area contributed by atoms with Crippen molar-refractivity contribution in [3.05, 3.63) is 29.8 Å². The second-order valence-electron chi connectivity index (χ2n) is 4.54. The van der Waals surface area contributed by atoms with Crippen LogP contribution in [0.25, 0.3) is 0 Å². The lowest BCUT2D eigenvalue weighted by Gasteiger charge is -2.17. The van der Waals surface area contributed by atoms with Crippen molar-refractivity contribution in [1.29, 1.82) is 0 Å². The third kappa shape index (κ3) is 2.22. The van der Waals surface area contributed by atoms with Crippen LogP contribution in [0.3, 0.4) is 0 Å². The highest BCUT2D eigenvalue weighted by Crippen LogP contribution is 2.37. The van der Waals surface area contributed by atoms with Crippen LogP contribution in [0.15, 0.2) is 24.3 Å². The molecule has 2 rings (SSSR count). The highest BCUT2D eigenvalue weighted by molar-refractivity contribution is 5.59. The average Bonchev–Trinajstić information content (AvgIpc) is 2.68. The molecule has 0 aromatic heterocycles. The Kier molecular flexibility index (Phi) is 3.83. The Balaban J connectivity index is 2.07. The molecule has 0 bridgehead atoms. The van der Waals surface area contributed by atoms with Gasteiger partial charge in [0, 0.05) is 24.7 Å². The highest BCUT2D eigenvalue weighted by atomic mass is 15.1. The van der Waals surface area contributed by atoms with Crippen molar-refractivity contribution in [3.63, 3.8) is 0 Å². The Hall–Kier alpha value is -1.02. The summed E-state index contributed by atoms with van der Waals surface area (Å²) in [7, 11) is 2.03. The number of rotatable bonds is 5. The maximum absolute atomic E-state index is 3.23. The fourth-order valence-electron chi connectivity index (χ4n) is 2.65. The molecule has 0 aliphatic carbocycles. The van der Waals surface area contributed by atoms with Gasteiger partial charge in [-0.05, 0) is 45.0 Å². The first kappa shape index (κ1) is 11.5. The molecule has 0 saturated carbocycles. The number of para-hydroxylation sites is 1. The van der Waals surface area contributed by atoms with Gasteiger partial charge in [-0.1, -0.05) is 18.2 Å². The standard InChI is InChI=1S/C14H22N2/c1-3-16-11-12(7-6-10-15-2)13-8-4-5-9-14(13)16/h4-5,8-9,12,15H,3,6-7,10-11H2,1-2H3. The van der Waals surface area contributed by atoms with E-state index in [1.165, 1.54) is 25.1 Å². The smallest absolute Gasteiger partial charge is 0.0402 e. The molecule has 0 saturated heterocycles. The molecule has 1 aromatic carbocycles. The predicted octanol–water partition coefficient (Wildman–Crippen LogP) is 2.61. The fourth-order valence-corrected chi connectivity index (χ4v) is 2.65. The molecule has 1 unspecified atom stereocenters. The number of benzene rings is 1. The van der Waals surface area contributed by atoms with Gasteiger partial charge in [-0.3, -0.25) is 0 Å². The van der Waals surface area contributed by atoms with E-state index in [0.717, 1.165) is 19.0 Å². The summed E-state index contributed by atoms with van der Waals surface area (Å²) in [6.07, 6.45) is 2.57. The van der Waals surface area contributed by atoms with Gasteiger partial charge in [0.05, 0.1) is 0 Å². The van der Waals surface area contributed by atoms with E-state index in [-0.39, 0.29) is 0 Å². The van der Waals surface area contributed by atoms with Gasteiger partial charge in [0.2, 0.25) is 0 Å². The summed E-state index contributed by atoms with van der Waals surface area (Å²) >= 11 is 0. The average molecular weight is 218 g/mol. The minimum Gasteiger partial charge on any atom is -0.371 e. The number of hydrogen-bond donors (Lipinski definition) is 1. The molecule has 1 aliphatic rings. The normalized spacial score (nSPS) is 18.9. The Morgan fingerprint density at radius 2 is 2.19 bits per heavy atom. The third-order valence-corrected chi connectivity index (χ3v) is 3.52. The van der Waals surface area contributed by atoms with Crippen LogP contribution in [0.1, 0.15) is 31.2 Å². The fraction of sp³-hybridized carbons (Fsp3) is 0.571. The maximum Gasteiger partial charge on any atom is 0.0402 e. The van der Waals surface area contributed by atoms with Crippen LogP contribution in [0.2, 0.25) is 0 Å². The number of fused-ring (bicyclic) bond motifs is 1. The van der Waals surface area contributed by atoms with Gasteiger partial charge in [0.15, 0.2) is 0 Å². The Bertz CT molecular complexity index is 335. The zero-order valence-electron chi connectivity index (χ0n) is 10.4. The first-order valence-corrected chi connectivity index (χ1v) is 6.35. The molecule has 1 aromatic rings. The molecule has 1 aliphatic heterocycles. The summed E-state index contributed by atoms with van der Waals surface area (Å²) < 4.78 is 0. The van der Waals surface area contributed by atoms with E-state index in [1.54, 1.807) is 5.56 Å². The van der Waals surface area contributed by atoms with Crippen molar-refractivity contribution in [2.24, 2.45) is 0 Å². The number of nitrogens with zero attached hydrogens (tertiary/aromatic N) is 1. The van der Waals surface area contributed by atoms with E-state index < -0.39 is 0 Å². The van der Waals surface area contributed by atoms with Crippen LogP contribution in [-0.2, 0) is 0 Å². The van der Waals surface area contributed by atoms with Crippen molar-refractivity contribution in [2.75, 3.05) is 31.6 Å². The second-order valence-corrected chi connectivity index (χ2v) is 4.54. The molecule has 0 amide bonds. The molecule has 1 heterocycles. The minimum absolute atomic E-state index is 0.740. The zero-order chi connectivity index (χ0) is 11.4. The van der Waals surface area contributed by atoms with Crippen molar-refractivity contribution in [2.45, 2.75) is 25.7 Å². The highest BCUT2D eigenvalue weighted by Gasteiger charge is 2.26. The van der Waals surface area contributed by atoms with E-state index in [0.29, 0.717) is 0 Å². The number of nitrogens with one attached hydrogen (secondary N) is 1. The number of likely N-dealkylation sites (N-methyl/N-ethyl adjacent to an activating group) is 1. The minimum atomic E-state index is 0.740. The van der Waals surface area contributed by atoms with Crippen molar-refractivity contribution < 1.29 is 0 Å². The summed E-state index contributed by atoms with van der Waals surface area (Å²) in [6, 6.07) is 8.88. The van der Waals surface area contributed by atoms with Crippen LogP contribution in [0.4, 0.5) is 5.69 Å². The number of hydrogen-bond acceptors (Lipinski definition) is 2. The summed E-state index contributed by atoms with van der Waals surface area (Å²) in [4.78, 5) is 2.50. The molecular weight excluding hydrogens is 196 g/mol. The maximum atomic E-state index is 3.23. The Morgan fingerprint density at radius 3 is 2.94 bits per heavy atom. The molecule has 1 N–H and O–H groups in total. The Morgan fingerprint density at radius 1 is 1.38 bits per heavy atom. The molecule has 0 spiro atoms. The molecule has 0 fully saturated rings. The second kappa shape index (κ2) is 5.35. The molecule has 1 atom stereocenters. The first-order chi connectivity index (χ1) is 7.86. The van der Waals surface area contributed by atoms with Gasteiger partial charge >= 0.3 is 0 Å². The largest absolute Gasteiger partial charge is 0.371 e. The molecule has 2 nitrogen and oxygen atoms in total. The zero-order valence-corrected chi connectivity index (χ0v) is 10.4. The van der Waals surface area contributed by atoms with Crippen LogP contribution in [0.5, 0.6) is 0 Å². The summed E-state index contributed by atoms with van der Waals surface area (Å²) in [5.41, 5.74) is 3.01. The summed E-state index contributed by atoms with van der Waals surface area (Å²) in [5, 5.41) is 3.23. The van der Waals surface area contributed by atoms with E-state index in [1.807, 2.05) is 7.05 Å². The monoisotopic (exact) mass is 218 g/mol. The van der Waals surface area contributed by atoms with Gasteiger partial charge in [0.25, 0.3) is 0 Å². The van der Waals surface area contributed by atoms with Crippen LogP contribution < -0.4 is 10.2 Å². The van der Waals surface area contributed by atoms with Crippen molar-refractivity contribution in [1.82, 2.24) is 5.32 Å². The molecule has 16 heavy (non-hydrogen) atoms. The van der Waals surface area contributed by atoms with Gasteiger partial charge in [-0.15, -0.1) is 0 Å². The lowest BCUT2D eigenvalue weighted by atomic mass is 9.96. The number of anilines is 1. The van der Waals surface area contributed by atoms with Crippen molar-refractivity contribution >= 4 is 5.69 Å². The van der Waals surface area contributed by atoms with Gasteiger partial charge < -0.3 is 10.2 Å². The van der Waals surface area contributed by atoms with E-state index >= 15 is 0 Å². The van der Waals surface area contributed by atoms with E-state index in [4.69, 9.17) is 0 Å². The molecule has 88 valence electrons. The van der Waals surface area contributed by atoms with Gasteiger partial charge in [-0.25, -0.2) is 0 Å². The van der Waals surface area contributed by atoms with E-state index in [9.17, 15) is 0 Å². The summed E-state index contributed by atoms with van der Waals surface area (Å²) in [5.74, 6) is 0.740. The quantitative estimate of drug-likeness (QED) is 0.764. The predicted molar refractivity (Wildman–Crippen MR) is 70.2 cm³/mol.